The summed E-state index contributed by atoms with van der Waals surface area (Å²) >= 11 is 0. The van der Waals surface area contributed by atoms with Gasteiger partial charge < -0.3 is 14.3 Å². The Balaban J connectivity index is 3.67. The lowest BCUT2D eigenvalue weighted by molar-refractivity contribution is -0.873. The molecular formula is C22H44NO4+. The highest BCUT2D eigenvalue weighted by Gasteiger charge is 2.24. The summed E-state index contributed by atoms with van der Waals surface area (Å²) in [6, 6.07) is 0. The fourth-order valence-corrected chi connectivity index (χ4v) is 3.30. The van der Waals surface area contributed by atoms with Crippen molar-refractivity contribution in [3.63, 3.8) is 0 Å². The Morgan fingerprint density at radius 3 is 1.67 bits per heavy atom. The summed E-state index contributed by atoms with van der Waals surface area (Å²) in [6.07, 6.45) is 14.8. The first-order valence-corrected chi connectivity index (χ1v) is 11.0. The lowest BCUT2D eigenvalue weighted by atomic mass is 10.0. The van der Waals surface area contributed by atoms with Crippen molar-refractivity contribution >= 4 is 11.9 Å². The van der Waals surface area contributed by atoms with Crippen molar-refractivity contribution in [3.8, 4) is 0 Å². The van der Waals surface area contributed by atoms with Gasteiger partial charge in [0, 0.05) is 6.42 Å². The van der Waals surface area contributed by atoms with E-state index in [4.69, 9.17) is 9.84 Å². The number of hydrogen-bond donors (Lipinski definition) is 1. The molecule has 0 aromatic heterocycles. The summed E-state index contributed by atoms with van der Waals surface area (Å²) in [7, 11) is 5.90. The molecule has 0 aliphatic heterocycles. The van der Waals surface area contributed by atoms with Crippen LogP contribution in [0.4, 0.5) is 0 Å². The van der Waals surface area contributed by atoms with E-state index in [1.165, 1.54) is 64.2 Å². The Morgan fingerprint density at radius 1 is 0.815 bits per heavy atom. The largest absolute Gasteiger partial charge is 0.481 e. The molecule has 0 aliphatic carbocycles. The Labute approximate surface area is 167 Å². The van der Waals surface area contributed by atoms with E-state index in [0.717, 1.165) is 12.8 Å². The molecule has 27 heavy (non-hydrogen) atoms. The Morgan fingerprint density at radius 2 is 1.26 bits per heavy atom. The molecule has 0 spiro atoms. The molecule has 0 amide bonds. The molecule has 0 radical (unpaired) electrons. The molecule has 1 unspecified atom stereocenters. The number of carbonyl (C=O) groups is 2. The highest BCUT2D eigenvalue weighted by molar-refractivity contribution is 5.71. The third-order valence-corrected chi connectivity index (χ3v) is 4.69. The van der Waals surface area contributed by atoms with Gasteiger partial charge in [0.1, 0.15) is 6.54 Å². The number of unbranched alkanes of at least 4 members (excludes halogenated alkanes) is 11. The van der Waals surface area contributed by atoms with Crippen molar-refractivity contribution in [2.75, 3.05) is 27.7 Å². The summed E-state index contributed by atoms with van der Waals surface area (Å²) in [5, 5.41) is 8.98. The SMILES string of the molecule is CCCCCCCCCCCCCCC(=O)OC(CC(=O)O)C[N+](C)(C)C. The van der Waals surface area contributed by atoms with Crippen LogP contribution in [0.25, 0.3) is 0 Å². The van der Waals surface area contributed by atoms with Gasteiger partial charge in [-0.3, -0.25) is 9.59 Å². The molecular weight excluding hydrogens is 342 g/mol. The highest BCUT2D eigenvalue weighted by Crippen LogP contribution is 2.13. The van der Waals surface area contributed by atoms with Gasteiger partial charge >= 0.3 is 11.9 Å². The van der Waals surface area contributed by atoms with Crippen LogP contribution in [0.15, 0.2) is 0 Å². The maximum absolute atomic E-state index is 12.0. The predicted octanol–water partition coefficient (Wildman–Crippen LogP) is 5.17. The fourth-order valence-electron chi connectivity index (χ4n) is 3.30. The minimum Gasteiger partial charge on any atom is -0.481 e. The number of rotatable bonds is 18. The molecule has 0 aliphatic rings. The molecule has 0 rings (SSSR count). The number of esters is 1. The van der Waals surface area contributed by atoms with Gasteiger partial charge in [-0.05, 0) is 6.42 Å². The van der Waals surface area contributed by atoms with Crippen LogP contribution in [0.1, 0.15) is 96.8 Å². The highest BCUT2D eigenvalue weighted by atomic mass is 16.5. The number of carbonyl (C=O) groups excluding carboxylic acids is 1. The van der Waals surface area contributed by atoms with Crippen molar-refractivity contribution in [3.05, 3.63) is 0 Å². The molecule has 0 fully saturated rings. The molecule has 0 bridgehead atoms. The minimum atomic E-state index is -0.924. The monoisotopic (exact) mass is 386 g/mol. The average molecular weight is 387 g/mol. The average Bonchev–Trinajstić information content (AvgIpc) is 2.53. The second-order valence-electron chi connectivity index (χ2n) is 8.82. The van der Waals surface area contributed by atoms with Gasteiger partial charge in [-0.1, -0.05) is 77.6 Å². The van der Waals surface area contributed by atoms with Gasteiger partial charge in [-0.2, -0.15) is 0 Å². The quantitative estimate of drug-likeness (QED) is 0.200. The van der Waals surface area contributed by atoms with Crippen LogP contribution >= 0.6 is 0 Å². The fraction of sp³-hybridized carbons (Fsp3) is 0.909. The normalized spacial score (nSPS) is 12.7. The van der Waals surface area contributed by atoms with Gasteiger partial charge in [0.05, 0.1) is 27.6 Å². The number of aliphatic carboxylic acids is 1. The van der Waals surface area contributed by atoms with Crippen LogP contribution in [-0.4, -0.2) is 55.3 Å². The molecule has 0 aromatic rings. The topological polar surface area (TPSA) is 63.6 Å². The van der Waals surface area contributed by atoms with E-state index < -0.39 is 12.1 Å². The van der Waals surface area contributed by atoms with Crippen LogP contribution < -0.4 is 0 Å². The zero-order chi connectivity index (χ0) is 20.5. The minimum absolute atomic E-state index is 0.125. The van der Waals surface area contributed by atoms with Crippen molar-refractivity contribution < 1.29 is 23.9 Å². The summed E-state index contributed by atoms with van der Waals surface area (Å²) in [5.74, 6) is -1.19. The first-order valence-electron chi connectivity index (χ1n) is 11.0. The first kappa shape index (κ1) is 25.9. The van der Waals surface area contributed by atoms with E-state index in [9.17, 15) is 9.59 Å². The van der Waals surface area contributed by atoms with Gasteiger partial charge in [0.2, 0.25) is 0 Å². The third kappa shape index (κ3) is 19.5. The number of carboxylic acid groups (broad SMARTS) is 1. The second-order valence-corrected chi connectivity index (χ2v) is 8.82. The number of ether oxygens (including phenoxy) is 1. The Bertz CT molecular complexity index is 390. The maximum atomic E-state index is 12.0. The maximum Gasteiger partial charge on any atom is 0.307 e. The molecule has 160 valence electrons. The van der Waals surface area contributed by atoms with E-state index in [1.54, 1.807) is 0 Å². The zero-order valence-corrected chi connectivity index (χ0v) is 18.3. The van der Waals surface area contributed by atoms with Crippen molar-refractivity contribution in [1.82, 2.24) is 0 Å². The standard InChI is InChI=1S/C22H43NO4/c1-5-6-7-8-9-10-11-12-13-14-15-16-17-22(26)27-20(18-21(24)25)19-23(2,3)4/h20H,5-19H2,1-4H3/p+1. The summed E-state index contributed by atoms with van der Waals surface area (Å²) in [4.78, 5) is 22.9. The molecule has 0 saturated carbocycles. The predicted molar refractivity (Wildman–Crippen MR) is 111 cm³/mol. The van der Waals surface area contributed by atoms with E-state index in [1.807, 2.05) is 21.1 Å². The Hall–Kier alpha value is -1.10. The molecule has 5 heteroatoms. The lowest BCUT2D eigenvalue weighted by Gasteiger charge is -2.28. The van der Waals surface area contributed by atoms with Crippen LogP contribution in [0.2, 0.25) is 0 Å². The van der Waals surface area contributed by atoms with Crippen LogP contribution in [-0.2, 0) is 14.3 Å². The molecule has 1 atom stereocenters. The molecule has 0 saturated heterocycles. The summed E-state index contributed by atoms with van der Waals surface area (Å²) in [6.45, 7) is 2.76. The van der Waals surface area contributed by atoms with E-state index >= 15 is 0 Å². The lowest BCUT2D eigenvalue weighted by Crippen LogP contribution is -2.43. The van der Waals surface area contributed by atoms with Crippen molar-refractivity contribution in [2.45, 2.75) is 103 Å². The summed E-state index contributed by atoms with van der Waals surface area (Å²) < 4.78 is 5.98. The zero-order valence-electron chi connectivity index (χ0n) is 18.3. The Kier molecular flexibility index (Phi) is 15.3. The number of likely N-dealkylation sites (N-methyl/N-ethyl adjacent to an activating group) is 1. The number of carboxylic acids is 1. The van der Waals surface area contributed by atoms with E-state index in [0.29, 0.717) is 17.4 Å². The van der Waals surface area contributed by atoms with Gasteiger partial charge in [-0.25, -0.2) is 0 Å². The number of nitrogens with zero attached hydrogens (tertiary/aromatic N) is 1. The van der Waals surface area contributed by atoms with Crippen LogP contribution in [0, 0.1) is 0 Å². The molecule has 1 N–H and O–H groups in total. The number of quaternary nitrogens is 1. The molecule has 0 heterocycles. The van der Waals surface area contributed by atoms with Crippen molar-refractivity contribution in [1.29, 1.82) is 0 Å². The third-order valence-electron chi connectivity index (χ3n) is 4.69. The van der Waals surface area contributed by atoms with E-state index in [2.05, 4.69) is 6.92 Å². The first-order chi connectivity index (χ1) is 12.7. The van der Waals surface area contributed by atoms with Crippen LogP contribution in [0.5, 0.6) is 0 Å². The summed E-state index contributed by atoms with van der Waals surface area (Å²) in [5.41, 5.74) is 0. The smallest absolute Gasteiger partial charge is 0.307 e. The molecule has 0 aromatic carbocycles. The molecule has 5 nitrogen and oxygen atoms in total. The van der Waals surface area contributed by atoms with E-state index in [-0.39, 0.29) is 12.4 Å². The number of hydrogen-bond acceptors (Lipinski definition) is 3. The second kappa shape index (κ2) is 15.9. The van der Waals surface area contributed by atoms with Gasteiger partial charge in [0.25, 0.3) is 0 Å². The van der Waals surface area contributed by atoms with Crippen LogP contribution in [0.3, 0.4) is 0 Å². The van der Waals surface area contributed by atoms with Crippen molar-refractivity contribution in [2.24, 2.45) is 0 Å². The van der Waals surface area contributed by atoms with Gasteiger partial charge in [0.15, 0.2) is 6.10 Å². The van der Waals surface area contributed by atoms with Gasteiger partial charge in [-0.15, -0.1) is 0 Å².